The number of hydrogen-bond acceptors (Lipinski definition) is 2. The van der Waals surface area contributed by atoms with Crippen LogP contribution in [0.2, 0.25) is 0 Å². The Hall–Kier alpha value is -0.830. The quantitative estimate of drug-likeness (QED) is 0.779. The van der Waals surface area contributed by atoms with Crippen molar-refractivity contribution in [1.82, 2.24) is 9.78 Å². The third kappa shape index (κ3) is 2.58. The first-order chi connectivity index (χ1) is 6.30. The maximum atomic E-state index is 5.77. The standard InChI is InChI=1S/C11H21N3/c1-8(12)6-9-7-10(11(2,3)4)13-14(9)5/h7-8H,6,12H2,1-5H3. The molecule has 3 heteroatoms. The minimum atomic E-state index is 0.119. The number of hydrogen-bond donors (Lipinski definition) is 1. The Balaban J connectivity index is 2.94. The van der Waals surface area contributed by atoms with Crippen molar-refractivity contribution in [2.45, 2.75) is 45.6 Å². The maximum Gasteiger partial charge on any atom is 0.0680 e. The van der Waals surface area contributed by atoms with E-state index < -0.39 is 0 Å². The van der Waals surface area contributed by atoms with Gasteiger partial charge in [-0.25, -0.2) is 0 Å². The molecule has 1 aromatic rings. The summed E-state index contributed by atoms with van der Waals surface area (Å²) in [6.45, 7) is 8.53. The molecule has 0 spiro atoms. The van der Waals surface area contributed by atoms with Crippen LogP contribution in [0.5, 0.6) is 0 Å². The lowest BCUT2D eigenvalue weighted by atomic mass is 9.92. The normalized spacial score (nSPS) is 14.4. The van der Waals surface area contributed by atoms with Crippen LogP contribution in [-0.2, 0) is 18.9 Å². The van der Waals surface area contributed by atoms with Crippen molar-refractivity contribution in [3.63, 3.8) is 0 Å². The molecule has 1 unspecified atom stereocenters. The van der Waals surface area contributed by atoms with Crippen LogP contribution in [0, 0.1) is 0 Å². The molecule has 0 aliphatic rings. The first kappa shape index (κ1) is 11.2. The molecule has 14 heavy (non-hydrogen) atoms. The lowest BCUT2D eigenvalue weighted by molar-refractivity contribution is 0.550. The van der Waals surface area contributed by atoms with Crippen molar-refractivity contribution in [3.8, 4) is 0 Å². The molecule has 1 heterocycles. The van der Waals surface area contributed by atoms with Crippen molar-refractivity contribution in [2.24, 2.45) is 12.8 Å². The molecule has 0 radical (unpaired) electrons. The lowest BCUT2D eigenvalue weighted by Gasteiger charge is -2.13. The fourth-order valence-electron chi connectivity index (χ4n) is 1.39. The summed E-state index contributed by atoms with van der Waals surface area (Å²) in [7, 11) is 1.98. The van der Waals surface area contributed by atoms with Gasteiger partial charge in [0.15, 0.2) is 0 Å². The molecule has 1 aromatic heterocycles. The molecule has 0 fully saturated rings. The molecule has 0 bridgehead atoms. The van der Waals surface area contributed by atoms with E-state index in [0.717, 1.165) is 12.1 Å². The third-order valence-electron chi connectivity index (χ3n) is 2.28. The second-order valence-electron chi connectivity index (χ2n) is 5.08. The van der Waals surface area contributed by atoms with Crippen LogP contribution in [0.1, 0.15) is 39.1 Å². The molecule has 0 saturated carbocycles. The zero-order chi connectivity index (χ0) is 10.9. The zero-order valence-electron chi connectivity index (χ0n) is 9.83. The Kier molecular flexibility index (Phi) is 3.00. The summed E-state index contributed by atoms with van der Waals surface area (Å²) in [5, 5.41) is 4.50. The monoisotopic (exact) mass is 195 g/mol. The van der Waals surface area contributed by atoms with Gasteiger partial charge in [0, 0.05) is 30.6 Å². The van der Waals surface area contributed by atoms with Gasteiger partial charge >= 0.3 is 0 Å². The Morgan fingerprint density at radius 1 is 1.50 bits per heavy atom. The average Bonchev–Trinajstić information content (AvgIpc) is 2.30. The van der Waals surface area contributed by atoms with Gasteiger partial charge in [0.1, 0.15) is 0 Å². The predicted molar refractivity (Wildman–Crippen MR) is 59.3 cm³/mol. The van der Waals surface area contributed by atoms with Crippen molar-refractivity contribution < 1.29 is 0 Å². The summed E-state index contributed by atoms with van der Waals surface area (Å²) in [4.78, 5) is 0. The van der Waals surface area contributed by atoms with Crippen LogP contribution in [-0.4, -0.2) is 15.8 Å². The molecule has 3 nitrogen and oxygen atoms in total. The fraction of sp³-hybridized carbons (Fsp3) is 0.727. The highest BCUT2D eigenvalue weighted by Crippen LogP contribution is 2.21. The van der Waals surface area contributed by atoms with Gasteiger partial charge in [0.25, 0.3) is 0 Å². The average molecular weight is 195 g/mol. The highest BCUT2D eigenvalue weighted by Gasteiger charge is 2.18. The summed E-state index contributed by atoms with van der Waals surface area (Å²) in [6, 6.07) is 2.35. The van der Waals surface area contributed by atoms with E-state index in [2.05, 4.69) is 31.9 Å². The van der Waals surface area contributed by atoms with Gasteiger partial charge in [-0.1, -0.05) is 20.8 Å². The molecular weight excluding hydrogens is 174 g/mol. The summed E-state index contributed by atoms with van der Waals surface area (Å²) < 4.78 is 1.93. The first-order valence-electron chi connectivity index (χ1n) is 5.09. The van der Waals surface area contributed by atoms with Crippen LogP contribution >= 0.6 is 0 Å². The highest BCUT2D eigenvalue weighted by atomic mass is 15.3. The molecular formula is C11H21N3. The summed E-state index contributed by atoms with van der Waals surface area (Å²) in [5.74, 6) is 0. The molecule has 0 aliphatic carbocycles. The lowest BCUT2D eigenvalue weighted by Crippen LogP contribution is -2.19. The number of nitrogens with two attached hydrogens (primary N) is 1. The summed E-state index contributed by atoms with van der Waals surface area (Å²) in [6.07, 6.45) is 0.888. The number of aromatic nitrogens is 2. The smallest absolute Gasteiger partial charge is 0.0680 e. The van der Waals surface area contributed by atoms with Crippen LogP contribution in [0.25, 0.3) is 0 Å². The molecule has 0 amide bonds. The Bertz CT molecular complexity index is 305. The minimum absolute atomic E-state index is 0.119. The van der Waals surface area contributed by atoms with E-state index in [4.69, 9.17) is 5.73 Å². The van der Waals surface area contributed by atoms with E-state index in [-0.39, 0.29) is 11.5 Å². The van der Waals surface area contributed by atoms with E-state index in [9.17, 15) is 0 Å². The van der Waals surface area contributed by atoms with Crippen LogP contribution < -0.4 is 5.73 Å². The van der Waals surface area contributed by atoms with Crippen molar-refractivity contribution in [1.29, 1.82) is 0 Å². The van der Waals surface area contributed by atoms with Gasteiger partial charge in [-0.3, -0.25) is 4.68 Å². The van der Waals surface area contributed by atoms with Gasteiger partial charge < -0.3 is 5.73 Å². The Morgan fingerprint density at radius 2 is 2.07 bits per heavy atom. The van der Waals surface area contributed by atoms with Gasteiger partial charge in [-0.15, -0.1) is 0 Å². The number of nitrogens with zero attached hydrogens (tertiary/aromatic N) is 2. The van der Waals surface area contributed by atoms with Crippen LogP contribution in [0.4, 0.5) is 0 Å². The predicted octanol–water partition coefficient (Wildman–Crippen LogP) is 1.61. The Labute approximate surface area is 86.3 Å². The van der Waals surface area contributed by atoms with E-state index in [1.165, 1.54) is 5.69 Å². The summed E-state index contributed by atoms with van der Waals surface area (Å²) >= 11 is 0. The van der Waals surface area contributed by atoms with E-state index in [1.54, 1.807) is 0 Å². The molecule has 2 N–H and O–H groups in total. The second kappa shape index (κ2) is 3.73. The SMILES string of the molecule is CC(N)Cc1cc(C(C)(C)C)nn1C. The molecule has 0 aromatic carbocycles. The van der Waals surface area contributed by atoms with Gasteiger partial charge in [0.05, 0.1) is 5.69 Å². The topological polar surface area (TPSA) is 43.8 Å². The highest BCUT2D eigenvalue weighted by molar-refractivity contribution is 5.18. The summed E-state index contributed by atoms with van der Waals surface area (Å²) in [5.41, 5.74) is 8.24. The zero-order valence-corrected chi connectivity index (χ0v) is 9.83. The van der Waals surface area contributed by atoms with E-state index in [0.29, 0.717) is 0 Å². The second-order valence-corrected chi connectivity index (χ2v) is 5.08. The molecule has 1 atom stereocenters. The number of rotatable bonds is 2. The number of aryl methyl sites for hydroxylation is 1. The largest absolute Gasteiger partial charge is 0.328 e. The first-order valence-corrected chi connectivity index (χ1v) is 5.09. The maximum absolute atomic E-state index is 5.77. The third-order valence-corrected chi connectivity index (χ3v) is 2.28. The minimum Gasteiger partial charge on any atom is -0.328 e. The van der Waals surface area contributed by atoms with E-state index in [1.807, 2.05) is 18.7 Å². The van der Waals surface area contributed by atoms with Crippen LogP contribution in [0.15, 0.2) is 6.07 Å². The van der Waals surface area contributed by atoms with Gasteiger partial charge in [-0.05, 0) is 13.0 Å². The van der Waals surface area contributed by atoms with Gasteiger partial charge in [0.2, 0.25) is 0 Å². The molecule has 80 valence electrons. The fourth-order valence-corrected chi connectivity index (χ4v) is 1.39. The van der Waals surface area contributed by atoms with Gasteiger partial charge in [-0.2, -0.15) is 5.10 Å². The Morgan fingerprint density at radius 3 is 2.43 bits per heavy atom. The van der Waals surface area contributed by atoms with E-state index >= 15 is 0 Å². The van der Waals surface area contributed by atoms with Crippen molar-refractivity contribution >= 4 is 0 Å². The van der Waals surface area contributed by atoms with Crippen LogP contribution in [0.3, 0.4) is 0 Å². The molecule has 0 aliphatic heterocycles. The molecule has 0 saturated heterocycles. The molecule has 1 rings (SSSR count). The van der Waals surface area contributed by atoms with Crippen molar-refractivity contribution in [2.75, 3.05) is 0 Å². The van der Waals surface area contributed by atoms with Crippen molar-refractivity contribution in [3.05, 3.63) is 17.5 Å².